The molecular weight excluding hydrogens is 392 g/mol. The molecule has 0 aliphatic carbocycles. The highest BCUT2D eigenvalue weighted by molar-refractivity contribution is 7.99. The number of allylic oxidation sites excluding steroid dienone is 4. The molecule has 5 heteroatoms. The molecule has 4 nitrogen and oxygen atoms in total. The van der Waals surface area contributed by atoms with Crippen LogP contribution >= 0.6 is 11.8 Å². The van der Waals surface area contributed by atoms with Gasteiger partial charge in [0.15, 0.2) is 0 Å². The van der Waals surface area contributed by atoms with E-state index in [1.165, 1.54) is 5.57 Å². The molecule has 0 bridgehead atoms. The van der Waals surface area contributed by atoms with E-state index in [0.717, 1.165) is 27.5 Å². The summed E-state index contributed by atoms with van der Waals surface area (Å²) in [5.74, 6) is 0.663. The molecule has 2 aromatic carbocycles. The fraction of sp³-hybridized carbons (Fsp3) is 0.240. The highest BCUT2D eigenvalue weighted by atomic mass is 32.2. The molecule has 0 saturated heterocycles. The van der Waals surface area contributed by atoms with Crippen molar-refractivity contribution in [2.45, 2.75) is 43.5 Å². The number of nitrogens with one attached hydrogen (secondary N) is 1. The predicted molar refractivity (Wildman–Crippen MR) is 125 cm³/mol. The van der Waals surface area contributed by atoms with Crippen molar-refractivity contribution in [1.29, 1.82) is 0 Å². The number of amides is 1. The normalized spacial score (nSPS) is 12.6. The van der Waals surface area contributed by atoms with Crippen LogP contribution in [0.1, 0.15) is 32.8 Å². The Balaban J connectivity index is 1.96. The van der Waals surface area contributed by atoms with Gasteiger partial charge in [0.1, 0.15) is 5.75 Å². The van der Waals surface area contributed by atoms with E-state index in [0.29, 0.717) is 17.8 Å². The van der Waals surface area contributed by atoms with Crippen LogP contribution in [0.25, 0.3) is 0 Å². The molecule has 30 heavy (non-hydrogen) atoms. The number of methoxy groups -OCH3 is 1. The topological polar surface area (TPSA) is 64.3 Å². The number of ether oxygens (including phenoxy) is 1. The molecular formula is C25H30N2O2S. The van der Waals surface area contributed by atoms with Crippen LogP contribution in [0.2, 0.25) is 0 Å². The van der Waals surface area contributed by atoms with E-state index in [2.05, 4.69) is 37.4 Å². The number of rotatable bonds is 9. The number of nitrogens with two attached hydrogens (primary N) is 1. The third-order valence-corrected chi connectivity index (χ3v) is 5.52. The second kappa shape index (κ2) is 11.9. The maximum absolute atomic E-state index is 12.5. The highest BCUT2D eigenvalue weighted by Gasteiger charge is 2.08. The van der Waals surface area contributed by atoms with Crippen LogP contribution in [0.5, 0.6) is 5.75 Å². The van der Waals surface area contributed by atoms with Crippen molar-refractivity contribution in [3.05, 3.63) is 89.2 Å². The van der Waals surface area contributed by atoms with Gasteiger partial charge in [-0.15, -0.1) is 0 Å². The first-order chi connectivity index (χ1) is 14.4. The summed E-state index contributed by atoms with van der Waals surface area (Å²) in [4.78, 5) is 14.8. The lowest BCUT2D eigenvalue weighted by Crippen LogP contribution is -2.25. The van der Waals surface area contributed by atoms with Crippen molar-refractivity contribution in [3.63, 3.8) is 0 Å². The Morgan fingerprint density at radius 1 is 1.13 bits per heavy atom. The molecule has 0 spiro atoms. The van der Waals surface area contributed by atoms with E-state index in [4.69, 9.17) is 10.5 Å². The molecule has 1 amide bonds. The van der Waals surface area contributed by atoms with Crippen LogP contribution in [0, 0.1) is 0 Å². The summed E-state index contributed by atoms with van der Waals surface area (Å²) in [6, 6.07) is 16.1. The molecule has 0 aromatic heterocycles. The van der Waals surface area contributed by atoms with Crippen molar-refractivity contribution in [2.24, 2.45) is 5.73 Å². The molecule has 0 unspecified atom stereocenters. The molecule has 0 saturated carbocycles. The Morgan fingerprint density at radius 2 is 1.87 bits per heavy atom. The van der Waals surface area contributed by atoms with Gasteiger partial charge in [0.25, 0.3) is 5.91 Å². The second-order valence-electron chi connectivity index (χ2n) is 6.93. The van der Waals surface area contributed by atoms with Gasteiger partial charge >= 0.3 is 0 Å². The van der Waals surface area contributed by atoms with Crippen LogP contribution in [0.3, 0.4) is 0 Å². The van der Waals surface area contributed by atoms with Gasteiger partial charge in [-0.05, 0) is 62.2 Å². The minimum Gasteiger partial charge on any atom is -0.497 e. The summed E-state index contributed by atoms with van der Waals surface area (Å²) >= 11 is 1.67. The summed E-state index contributed by atoms with van der Waals surface area (Å²) in [6.07, 6.45) is 6.60. The van der Waals surface area contributed by atoms with Crippen LogP contribution < -0.4 is 15.8 Å². The molecule has 0 fully saturated rings. The summed E-state index contributed by atoms with van der Waals surface area (Å²) < 4.78 is 5.27. The average molecular weight is 423 g/mol. The van der Waals surface area contributed by atoms with Gasteiger partial charge in [0.05, 0.1) is 12.7 Å². The summed E-state index contributed by atoms with van der Waals surface area (Å²) in [5, 5.41) is 2.94. The van der Waals surface area contributed by atoms with Crippen molar-refractivity contribution < 1.29 is 9.53 Å². The van der Waals surface area contributed by atoms with E-state index in [9.17, 15) is 4.79 Å². The molecule has 2 rings (SSSR count). The van der Waals surface area contributed by atoms with Gasteiger partial charge in [-0.1, -0.05) is 54.6 Å². The lowest BCUT2D eigenvalue weighted by molar-refractivity contribution is -0.117. The minimum absolute atomic E-state index is 0.177. The molecule has 0 radical (unpaired) electrons. The first-order valence-corrected chi connectivity index (χ1v) is 10.7. The first kappa shape index (κ1) is 23.4. The van der Waals surface area contributed by atoms with Crippen molar-refractivity contribution in [1.82, 2.24) is 5.32 Å². The fourth-order valence-corrected chi connectivity index (χ4v) is 3.43. The quantitative estimate of drug-likeness (QED) is 0.407. The fourth-order valence-electron chi connectivity index (χ4n) is 2.57. The highest BCUT2D eigenvalue weighted by Crippen LogP contribution is 2.30. The number of benzene rings is 2. The van der Waals surface area contributed by atoms with Crippen LogP contribution in [0.4, 0.5) is 0 Å². The van der Waals surface area contributed by atoms with E-state index in [1.807, 2.05) is 42.5 Å². The Kier molecular flexibility index (Phi) is 9.29. The SMILES string of the molecule is CCC(C)=C/C=C\C(C(=O)NCc1ccc(Sc2cccc(OC)c2)cc1)=C(/C)N. The van der Waals surface area contributed by atoms with Crippen molar-refractivity contribution >= 4 is 17.7 Å². The number of carbonyl (C=O) groups is 1. The average Bonchev–Trinajstić information content (AvgIpc) is 2.75. The van der Waals surface area contributed by atoms with Gasteiger partial charge in [-0.25, -0.2) is 0 Å². The van der Waals surface area contributed by atoms with Gasteiger partial charge in [-0.2, -0.15) is 0 Å². The lowest BCUT2D eigenvalue weighted by Gasteiger charge is -2.09. The van der Waals surface area contributed by atoms with Crippen LogP contribution in [-0.4, -0.2) is 13.0 Å². The zero-order chi connectivity index (χ0) is 21.9. The maximum Gasteiger partial charge on any atom is 0.253 e. The summed E-state index contributed by atoms with van der Waals surface area (Å²) in [7, 11) is 1.67. The summed E-state index contributed by atoms with van der Waals surface area (Å²) in [6.45, 7) is 6.33. The largest absolute Gasteiger partial charge is 0.497 e. The van der Waals surface area contributed by atoms with Crippen LogP contribution in [0.15, 0.2) is 93.4 Å². The monoisotopic (exact) mass is 422 g/mol. The third-order valence-electron chi connectivity index (χ3n) is 4.52. The Hall–Kier alpha value is -2.92. The van der Waals surface area contributed by atoms with Crippen molar-refractivity contribution in [3.8, 4) is 5.75 Å². The smallest absolute Gasteiger partial charge is 0.253 e. The van der Waals surface area contributed by atoms with E-state index in [-0.39, 0.29) is 5.91 Å². The van der Waals surface area contributed by atoms with E-state index < -0.39 is 0 Å². The van der Waals surface area contributed by atoms with Gasteiger partial charge < -0.3 is 15.8 Å². The Bertz CT molecular complexity index is 940. The minimum atomic E-state index is -0.177. The lowest BCUT2D eigenvalue weighted by atomic mass is 10.1. The van der Waals surface area contributed by atoms with Gasteiger partial charge in [0, 0.05) is 22.0 Å². The van der Waals surface area contributed by atoms with Gasteiger partial charge in [-0.3, -0.25) is 4.79 Å². The Labute approximate surface area is 183 Å². The number of hydrogen-bond acceptors (Lipinski definition) is 4. The van der Waals surface area contributed by atoms with E-state index >= 15 is 0 Å². The summed E-state index contributed by atoms with van der Waals surface area (Å²) in [5.41, 5.74) is 9.16. The maximum atomic E-state index is 12.5. The van der Waals surface area contributed by atoms with Crippen LogP contribution in [-0.2, 0) is 11.3 Å². The molecule has 0 aliphatic heterocycles. The predicted octanol–water partition coefficient (Wildman–Crippen LogP) is 5.61. The number of hydrogen-bond donors (Lipinski definition) is 2. The Morgan fingerprint density at radius 3 is 2.50 bits per heavy atom. The van der Waals surface area contributed by atoms with Gasteiger partial charge in [0.2, 0.25) is 0 Å². The number of carbonyl (C=O) groups excluding carboxylic acids is 1. The third kappa shape index (κ3) is 7.48. The second-order valence-corrected chi connectivity index (χ2v) is 8.08. The standard InChI is InChI=1S/C25H30N2O2S/c1-5-18(2)8-6-11-24(19(3)26)25(28)27-17-20-12-14-22(15-13-20)30-23-10-7-9-21(16-23)29-4/h6-16H,5,17,26H2,1-4H3,(H,27,28)/b11-6-,18-8?,24-19-. The molecule has 2 aromatic rings. The zero-order valence-electron chi connectivity index (χ0n) is 18.1. The molecule has 158 valence electrons. The van der Waals surface area contributed by atoms with Crippen molar-refractivity contribution in [2.75, 3.05) is 7.11 Å². The molecule has 0 aliphatic rings. The zero-order valence-corrected chi connectivity index (χ0v) is 18.9. The molecule has 3 N–H and O–H groups in total. The van der Waals surface area contributed by atoms with E-state index in [1.54, 1.807) is 31.9 Å². The first-order valence-electron chi connectivity index (χ1n) is 9.92. The molecule has 0 heterocycles. The molecule has 0 atom stereocenters.